The van der Waals surface area contributed by atoms with Crippen molar-refractivity contribution in [3.63, 3.8) is 0 Å². The third-order valence-electron chi connectivity index (χ3n) is 4.56. The van der Waals surface area contributed by atoms with Gasteiger partial charge in [0.25, 0.3) is 5.91 Å². The number of aliphatic carboxylic acids is 1. The first kappa shape index (κ1) is 19.9. The molecule has 1 heterocycles. The second-order valence-corrected chi connectivity index (χ2v) is 7.41. The van der Waals surface area contributed by atoms with Gasteiger partial charge in [-0.25, -0.2) is 4.79 Å². The van der Waals surface area contributed by atoms with Crippen LogP contribution < -0.4 is 10.5 Å². The molecule has 2 aromatic carbocycles. The van der Waals surface area contributed by atoms with Crippen LogP contribution in [0.15, 0.2) is 46.9 Å². The van der Waals surface area contributed by atoms with Crippen molar-refractivity contribution in [3.8, 4) is 5.75 Å². The third-order valence-corrected chi connectivity index (χ3v) is 5.05. The molecule has 1 atom stereocenters. The Balaban J connectivity index is 1.79. The molecule has 0 aliphatic carbocycles. The number of carbonyl (C=O) groups excluding carboxylic acids is 2. The number of primary amides is 1. The zero-order chi connectivity index (χ0) is 20.3. The van der Waals surface area contributed by atoms with Crippen molar-refractivity contribution in [1.82, 2.24) is 4.90 Å². The number of ether oxygens (including phenoxy) is 1. The van der Waals surface area contributed by atoms with E-state index in [-0.39, 0.29) is 25.3 Å². The van der Waals surface area contributed by atoms with Crippen molar-refractivity contribution in [1.29, 1.82) is 0 Å². The minimum absolute atomic E-state index is 0.0291. The highest BCUT2D eigenvalue weighted by Gasteiger charge is 2.37. The standard InChI is InChI=1S/C20H19BrN2O5/c21-13-4-1-3-12(9-13)11-28-17-6-2-5-14-15(17)10-23(19(14)25)16(20(26)27)7-8-18(22)24/h1-6,9,16H,7-8,10-11H2,(H2,22,24)(H,26,27). The maximum atomic E-state index is 12.7. The monoisotopic (exact) mass is 446 g/mol. The van der Waals surface area contributed by atoms with E-state index in [0.29, 0.717) is 23.5 Å². The Morgan fingerprint density at radius 3 is 2.68 bits per heavy atom. The van der Waals surface area contributed by atoms with Crippen LogP contribution in [-0.2, 0) is 22.7 Å². The number of carboxylic acids is 1. The average molecular weight is 447 g/mol. The molecule has 28 heavy (non-hydrogen) atoms. The summed E-state index contributed by atoms with van der Waals surface area (Å²) in [6, 6.07) is 11.7. The van der Waals surface area contributed by atoms with Crippen molar-refractivity contribution in [3.05, 3.63) is 63.6 Å². The molecular weight excluding hydrogens is 428 g/mol. The number of carboxylic acid groups (broad SMARTS) is 1. The maximum absolute atomic E-state index is 12.7. The van der Waals surface area contributed by atoms with Crippen LogP contribution in [0.25, 0.3) is 0 Å². The molecule has 146 valence electrons. The van der Waals surface area contributed by atoms with E-state index in [0.717, 1.165) is 10.0 Å². The molecule has 0 saturated heterocycles. The van der Waals surface area contributed by atoms with Crippen LogP contribution in [0.1, 0.15) is 34.3 Å². The highest BCUT2D eigenvalue weighted by Crippen LogP contribution is 2.33. The van der Waals surface area contributed by atoms with Gasteiger partial charge in [0.15, 0.2) is 0 Å². The number of carbonyl (C=O) groups is 3. The fourth-order valence-electron chi connectivity index (χ4n) is 3.19. The quantitative estimate of drug-likeness (QED) is 0.647. The Labute approximate surface area is 170 Å². The van der Waals surface area contributed by atoms with Crippen molar-refractivity contribution in [2.24, 2.45) is 5.73 Å². The first-order valence-corrected chi connectivity index (χ1v) is 9.47. The number of hydrogen-bond donors (Lipinski definition) is 2. The Morgan fingerprint density at radius 1 is 1.25 bits per heavy atom. The molecule has 0 bridgehead atoms. The first-order chi connectivity index (χ1) is 13.4. The second-order valence-electron chi connectivity index (χ2n) is 6.49. The van der Waals surface area contributed by atoms with E-state index in [9.17, 15) is 19.5 Å². The minimum Gasteiger partial charge on any atom is -0.489 e. The molecule has 7 nitrogen and oxygen atoms in total. The molecule has 8 heteroatoms. The second kappa shape index (κ2) is 8.43. The molecule has 2 amide bonds. The van der Waals surface area contributed by atoms with Gasteiger partial charge < -0.3 is 20.5 Å². The smallest absolute Gasteiger partial charge is 0.326 e. The maximum Gasteiger partial charge on any atom is 0.326 e. The summed E-state index contributed by atoms with van der Waals surface area (Å²) in [6.07, 6.45) is -0.137. The predicted octanol–water partition coefficient (Wildman–Crippen LogP) is 2.70. The number of fused-ring (bicyclic) bond motifs is 1. The van der Waals surface area contributed by atoms with Crippen LogP contribution in [-0.4, -0.2) is 33.8 Å². The van der Waals surface area contributed by atoms with Gasteiger partial charge in [0.1, 0.15) is 18.4 Å². The lowest BCUT2D eigenvalue weighted by atomic mass is 10.1. The van der Waals surface area contributed by atoms with E-state index in [1.54, 1.807) is 18.2 Å². The molecule has 0 spiro atoms. The summed E-state index contributed by atoms with van der Waals surface area (Å²) in [5.41, 5.74) is 7.15. The number of hydrogen-bond acceptors (Lipinski definition) is 4. The van der Waals surface area contributed by atoms with E-state index < -0.39 is 17.9 Å². The summed E-state index contributed by atoms with van der Waals surface area (Å²) in [5, 5.41) is 9.51. The van der Waals surface area contributed by atoms with Gasteiger partial charge in [-0.2, -0.15) is 0 Å². The number of halogens is 1. The molecule has 2 aromatic rings. The summed E-state index contributed by atoms with van der Waals surface area (Å²) in [6.45, 7) is 0.423. The number of nitrogens with zero attached hydrogens (tertiary/aromatic N) is 1. The Hall–Kier alpha value is -2.87. The summed E-state index contributed by atoms with van der Waals surface area (Å²) < 4.78 is 6.84. The normalized spacial score (nSPS) is 13.9. The van der Waals surface area contributed by atoms with Crippen LogP contribution in [0.5, 0.6) is 5.75 Å². The van der Waals surface area contributed by atoms with Crippen molar-refractivity contribution < 1.29 is 24.2 Å². The summed E-state index contributed by atoms with van der Waals surface area (Å²) in [4.78, 5) is 36.7. The lowest BCUT2D eigenvalue weighted by Crippen LogP contribution is -2.42. The number of benzene rings is 2. The summed E-state index contributed by atoms with van der Waals surface area (Å²) >= 11 is 3.41. The Kier molecular flexibility index (Phi) is 5.99. The van der Waals surface area contributed by atoms with Gasteiger partial charge in [0.2, 0.25) is 5.91 Å². The van der Waals surface area contributed by atoms with Crippen LogP contribution in [0, 0.1) is 0 Å². The van der Waals surface area contributed by atoms with E-state index in [2.05, 4.69) is 15.9 Å². The molecule has 3 N–H and O–H groups in total. The largest absolute Gasteiger partial charge is 0.489 e. The molecule has 0 fully saturated rings. The SMILES string of the molecule is NC(=O)CCC(C(=O)O)N1Cc2c(OCc3cccc(Br)c3)cccc2C1=O. The first-order valence-electron chi connectivity index (χ1n) is 8.68. The third kappa shape index (κ3) is 4.33. The molecule has 1 aliphatic rings. The van der Waals surface area contributed by atoms with Gasteiger partial charge in [-0.15, -0.1) is 0 Å². The zero-order valence-electron chi connectivity index (χ0n) is 14.9. The van der Waals surface area contributed by atoms with Gasteiger partial charge in [-0.05, 0) is 36.2 Å². The van der Waals surface area contributed by atoms with Crippen LogP contribution >= 0.6 is 15.9 Å². The zero-order valence-corrected chi connectivity index (χ0v) is 16.5. The molecule has 0 radical (unpaired) electrons. The molecule has 1 aliphatic heterocycles. The highest BCUT2D eigenvalue weighted by molar-refractivity contribution is 9.10. The fraction of sp³-hybridized carbons (Fsp3) is 0.250. The van der Waals surface area contributed by atoms with Crippen molar-refractivity contribution >= 4 is 33.7 Å². The summed E-state index contributed by atoms with van der Waals surface area (Å²) in [7, 11) is 0. The fourth-order valence-corrected chi connectivity index (χ4v) is 3.64. The van der Waals surface area contributed by atoms with Gasteiger partial charge >= 0.3 is 5.97 Å². The van der Waals surface area contributed by atoms with Crippen LogP contribution in [0.2, 0.25) is 0 Å². The Bertz CT molecular complexity index is 931. The number of amides is 2. The molecular formula is C20H19BrN2O5. The highest BCUT2D eigenvalue weighted by atomic mass is 79.9. The van der Waals surface area contributed by atoms with E-state index in [1.807, 2.05) is 24.3 Å². The van der Waals surface area contributed by atoms with Gasteiger partial charge in [0.05, 0.1) is 6.54 Å². The molecule has 0 aromatic heterocycles. The van der Waals surface area contributed by atoms with E-state index in [4.69, 9.17) is 10.5 Å². The van der Waals surface area contributed by atoms with Crippen molar-refractivity contribution in [2.45, 2.75) is 32.0 Å². The topological polar surface area (TPSA) is 110 Å². The summed E-state index contributed by atoms with van der Waals surface area (Å²) in [5.74, 6) is -1.63. The van der Waals surface area contributed by atoms with Crippen molar-refractivity contribution in [2.75, 3.05) is 0 Å². The minimum atomic E-state index is -1.17. The number of rotatable bonds is 8. The predicted molar refractivity (Wildman–Crippen MR) is 105 cm³/mol. The van der Waals surface area contributed by atoms with Crippen LogP contribution in [0.4, 0.5) is 0 Å². The van der Waals surface area contributed by atoms with E-state index >= 15 is 0 Å². The lowest BCUT2D eigenvalue weighted by molar-refractivity contribution is -0.142. The average Bonchev–Trinajstić information content (AvgIpc) is 2.97. The van der Waals surface area contributed by atoms with Gasteiger partial charge in [-0.1, -0.05) is 34.1 Å². The van der Waals surface area contributed by atoms with E-state index in [1.165, 1.54) is 4.90 Å². The Morgan fingerprint density at radius 2 is 2.00 bits per heavy atom. The lowest BCUT2D eigenvalue weighted by Gasteiger charge is -2.23. The molecule has 1 unspecified atom stereocenters. The van der Waals surface area contributed by atoms with Gasteiger partial charge in [0, 0.05) is 22.0 Å². The molecule has 0 saturated carbocycles. The van der Waals surface area contributed by atoms with Crippen LogP contribution in [0.3, 0.4) is 0 Å². The number of nitrogens with two attached hydrogens (primary N) is 1. The molecule has 3 rings (SSSR count). The van der Waals surface area contributed by atoms with Gasteiger partial charge in [-0.3, -0.25) is 9.59 Å².